The van der Waals surface area contributed by atoms with Crippen LogP contribution in [0.5, 0.6) is 0 Å². The van der Waals surface area contributed by atoms with E-state index in [1.807, 2.05) is 24.3 Å². The second kappa shape index (κ2) is 5.53. The van der Waals surface area contributed by atoms with E-state index in [-0.39, 0.29) is 17.2 Å². The maximum Gasteiger partial charge on any atom is 0.237 e. The van der Waals surface area contributed by atoms with Gasteiger partial charge in [0.25, 0.3) is 0 Å². The van der Waals surface area contributed by atoms with Crippen molar-refractivity contribution in [1.29, 1.82) is 0 Å². The molecule has 0 aliphatic heterocycles. The summed E-state index contributed by atoms with van der Waals surface area (Å²) in [7, 11) is 0. The Hall–Kier alpha value is -2.04. The van der Waals surface area contributed by atoms with E-state index in [4.69, 9.17) is 10.9 Å². The first kappa shape index (κ1) is 16.0. The molecule has 0 spiro atoms. The number of nitrogens with one attached hydrogen (secondary N) is 1. The van der Waals surface area contributed by atoms with Crippen molar-refractivity contribution in [2.24, 2.45) is 16.3 Å². The van der Waals surface area contributed by atoms with Crippen LogP contribution in [0.4, 0.5) is 5.69 Å². The van der Waals surface area contributed by atoms with E-state index in [0.717, 1.165) is 11.3 Å². The van der Waals surface area contributed by atoms with Crippen molar-refractivity contribution in [1.82, 2.24) is 0 Å². The summed E-state index contributed by atoms with van der Waals surface area (Å²) in [5.41, 5.74) is 6.16. The smallest absolute Gasteiger partial charge is 0.237 e. The zero-order valence-electron chi connectivity index (χ0n) is 12.7. The highest BCUT2D eigenvalue weighted by molar-refractivity contribution is 6.11. The fourth-order valence-electron chi connectivity index (χ4n) is 1.77. The van der Waals surface area contributed by atoms with Crippen LogP contribution in [0.15, 0.2) is 29.4 Å². The first-order valence-corrected chi connectivity index (χ1v) is 6.49. The van der Waals surface area contributed by atoms with Gasteiger partial charge in [-0.15, -0.1) is 0 Å². The van der Waals surface area contributed by atoms with E-state index >= 15 is 0 Å². The number of hydrogen-bond donors (Lipinski definition) is 3. The highest BCUT2D eigenvalue weighted by Gasteiger charge is 2.33. The number of hydrogen-bond acceptors (Lipinski definition) is 3. The minimum absolute atomic E-state index is 0.0926. The third kappa shape index (κ3) is 3.29. The topological polar surface area (TPSA) is 87.7 Å². The van der Waals surface area contributed by atoms with Crippen LogP contribution >= 0.6 is 0 Å². The number of carbonyl (C=O) groups excluding carboxylic acids is 1. The number of nitrogens with zero attached hydrogens (tertiary/aromatic N) is 1. The van der Waals surface area contributed by atoms with E-state index in [1.165, 1.54) is 0 Å². The van der Waals surface area contributed by atoms with Gasteiger partial charge in [-0.2, -0.15) is 0 Å². The Labute approximate surface area is 119 Å². The quantitative estimate of drug-likeness (QED) is 0.343. The van der Waals surface area contributed by atoms with Gasteiger partial charge in [-0.1, -0.05) is 44.1 Å². The van der Waals surface area contributed by atoms with Crippen LogP contribution in [-0.4, -0.2) is 17.0 Å². The van der Waals surface area contributed by atoms with Crippen LogP contribution < -0.4 is 11.1 Å². The molecule has 0 bridgehead atoms. The monoisotopic (exact) mass is 277 g/mol. The minimum atomic E-state index is -1.08. The molecule has 1 aromatic carbocycles. The molecule has 0 aromatic heterocycles. The lowest BCUT2D eigenvalue weighted by Crippen LogP contribution is -2.42. The molecule has 110 valence electrons. The largest absolute Gasteiger partial charge is 0.409 e. The first-order valence-electron chi connectivity index (χ1n) is 6.49. The number of anilines is 1. The van der Waals surface area contributed by atoms with Crippen LogP contribution in [0.1, 0.15) is 40.2 Å². The molecule has 1 rings (SSSR count). The zero-order valence-corrected chi connectivity index (χ0v) is 12.7. The maximum absolute atomic E-state index is 12.3. The van der Waals surface area contributed by atoms with E-state index in [2.05, 4.69) is 31.2 Å². The number of benzene rings is 1. The summed E-state index contributed by atoms with van der Waals surface area (Å²) in [5.74, 6) is -0.437. The standard InChI is InChI=1S/C15H23N3O2/c1-14(2,3)10-8-6-7-9-11(10)17-13(19)15(4,5)12(16)18-20/h6-9,20H,1-5H3,(H2,16,18)(H,17,19). The number of carbonyl (C=O) groups is 1. The minimum Gasteiger partial charge on any atom is -0.409 e. The third-order valence-electron chi connectivity index (χ3n) is 3.30. The predicted octanol–water partition coefficient (Wildman–Crippen LogP) is 2.70. The Kier molecular flexibility index (Phi) is 4.43. The van der Waals surface area contributed by atoms with Crippen molar-refractivity contribution in [3.63, 3.8) is 0 Å². The summed E-state index contributed by atoms with van der Waals surface area (Å²) in [6.45, 7) is 9.44. The van der Waals surface area contributed by atoms with Crippen molar-refractivity contribution >= 4 is 17.4 Å². The van der Waals surface area contributed by atoms with Gasteiger partial charge in [-0.25, -0.2) is 0 Å². The van der Waals surface area contributed by atoms with Gasteiger partial charge in [0, 0.05) is 5.69 Å². The molecule has 0 saturated carbocycles. The average Bonchev–Trinajstić information content (AvgIpc) is 2.36. The molecule has 0 aliphatic carbocycles. The van der Waals surface area contributed by atoms with Crippen molar-refractivity contribution in [3.05, 3.63) is 29.8 Å². The Balaban J connectivity index is 3.10. The number of nitrogens with two attached hydrogens (primary N) is 1. The summed E-state index contributed by atoms with van der Waals surface area (Å²) < 4.78 is 0. The predicted molar refractivity (Wildman–Crippen MR) is 81.0 cm³/mol. The molecule has 0 unspecified atom stereocenters. The Morgan fingerprint density at radius 3 is 2.25 bits per heavy atom. The lowest BCUT2D eigenvalue weighted by molar-refractivity contribution is -0.121. The fourth-order valence-corrected chi connectivity index (χ4v) is 1.77. The van der Waals surface area contributed by atoms with Crippen molar-refractivity contribution in [3.8, 4) is 0 Å². The van der Waals surface area contributed by atoms with E-state index in [0.29, 0.717) is 0 Å². The molecule has 1 aromatic rings. The molecule has 0 fully saturated rings. The summed E-state index contributed by atoms with van der Waals surface area (Å²) in [6.07, 6.45) is 0. The van der Waals surface area contributed by atoms with E-state index in [1.54, 1.807) is 13.8 Å². The summed E-state index contributed by atoms with van der Waals surface area (Å²) in [6, 6.07) is 7.62. The lowest BCUT2D eigenvalue weighted by atomic mass is 9.85. The second-order valence-corrected chi connectivity index (χ2v) is 6.36. The molecule has 0 atom stereocenters. The lowest BCUT2D eigenvalue weighted by Gasteiger charge is -2.26. The third-order valence-corrected chi connectivity index (χ3v) is 3.30. The van der Waals surface area contributed by atoms with Gasteiger partial charge in [-0.3, -0.25) is 4.79 Å². The number of rotatable bonds is 3. The Morgan fingerprint density at radius 2 is 1.75 bits per heavy atom. The van der Waals surface area contributed by atoms with Gasteiger partial charge >= 0.3 is 0 Å². The second-order valence-electron chi connectivity index (χ2n) is 6.36. The normalized spacial score (nSPS) is 13.2. The molecule has 0 saturated heterocycles. The van der Waals surface area contributed by atoms with Gasteiger partial charge in [0.05, 0.1) is 0 Å². The molecule has 0 aliphatic rings. The molecular weight excluding hydrogens is 254 g/mol. The molecule has 0 radical (unpaired) electrons. The molecule has 20 heavy (non-hydrogen) atoms. The molecule has 1 amide bonds. The van der Waals surface area contributed by atoms with Gasteiger partial charge in [-0.05, 0) is 30.9 Å². The Bertz CT molecular complexity index is 528. The van der Waals surface area contributed by atoms with Gasteiger partial charge in [0.15, 0.2) is 5.84 Å². The summed E-state index contributed by atoms with van der Waals surface area (Å²) in [4.78, 5) is 12.3. The SMILES string of the molecule is CC(C)(C(=O)Nc1ccccc1C(C)(C)C)C(N)=NO. The molecule has 5 heteroatoms. The molecule has 4 N–H and O–H groups in total. The first-order chi connectivity index (χ1) is 9.10. The maximum atomic E-state index is 12.3. The van der Waals surface area contributed by atoms with Crippen LogP contribution in [0.3, 0.4) is 0 Å². The highest BCUT2D eigenvalue weighted by Crippen LogP contribution is 2.30. The van der Waals surface area contributed by atoms with E-state index < -0.39 is 5.41 Å². The number of amidine groups is 1. The fraction of sp³-hybridized carbons (Fsp3) is 0.467. The molecule has 5 nitrogen and oxygen atoms in total. The summed E-state index contributed by atoms with van der Waals surface area (Å²) >= 11 is 0. The van der Waals surface area contributed by atoms with Crippen molar-refractivity contribution in [2.45, 2.75) is 40.0 Å². The van der Waals surface area contributed by atoms with Crippen LogP contribution in [0.2, 0.25) is 0 Å². The summed E-state index contributed by atoms with van der Waals surface area (Å²) in [5, 5.41) is 14.5. The highest BCUT2D eigenvalue weighted by atomic mass is 16.4. The average molecular weight is 277 g/mol. The van der Waals surface area contributed by atoms with Gasteiger partial charge in [0.2, 0.25) is 5.91 Å². The van der Waals surface area contributed by atoms with Gasteiger partial charge < -0.3 is 16.3 Å². The van der Waals surface area contributed by atoms with Crippen molar-refractivity contribution in [2.75, 3.05) is 5.32 Å². The van der Waals surface area contributed by atoms with Crippen LogP contribution in [0.25, 0.3) is 0 Å². The van der Waals surface area contributed by atoms with Crippen LogP contribution in [-0.2, 0) is 10.2 Å². The van der Waals surface area contributed by atoms with Gasteiger partial charge in [0.1, 0.15) is 5.41 Å². The Morgan fingerprint density at radius 1 is 1.20 bits per heavy atom. The number of para-hydroxylation sites is 1. The molecule has 0 heterocycles. The van der Waals surface area contributed by atoms with E-state index in [9.17, 15) is 4.79 Å². The van der Waals surface area contributed by atoms with Crippen molar-refractivity contribution < 1.29 is 10.0 Å². The number of amides is 1. The van der Waals surface area contributed by atoms with Crippen LogP contribution in [0, 0.1) is 5.41 Å². The number of oxime groups is 1. The molecular formula is C15H23N3O2. The zero-order chi connectivity index (χ0) is 15.6.